The molecule has 1 amide bonds. The predicted molar refractivity (Wildman–Crippen MR) is 87.6 cm³/mol. The van der Waals surface area contributed by atoms with Gasteiger partial charge in [-0.25, -0.2) is 4.39 Å². The molecule has 0 aliphatic carbocycles. The normalized spacial score (nSPS) is 17.8. The number of fused-ring (bicyclic) bond motifs is 1. The minimum absolute atomic E-state index is 0.320. The molecule has 0 radical (unpaired) electrons. The first kappa shape index (κ1) is 14.9. The van der Waals surface area contributed by atoms with Gasteiger partial charge in [-0.1, -0.05) is 28.1 Å². The van der Waals surface area contributed by atoms with Crippen LogP contribution in [0.1, 0.15) is 11.1 Å². The largest absolute Gasteiger partial charge is 0.312 e. The molecule has 2 aromatic carbocycles. The van der Waals surface area contributed by atoms with Crippen LogP contribution in [0, 0.1) is 5.82 Å². The summed E-state index contributed by atoms with van der Waals surface area (Å²) >= 11 is 3.40. The van der Waals surface area contributed by atoms with Gasteiger partial charge in [0.15, 0.2) is 6.17 Å². The number of anilines is 1. The lowest BCUT2D eigenvalue weighted by atomic mass is 10.00. The van der Waals surface area contributed by atoms with Crippen molar-refractivity contribution in [2.45, 2.75) is 6.17 Å². The van der Waals surface area contributed by atoms with Crippen LogP contribution in [-0.4, -0.2) is 24.8 Å². The third kappa shape index (κ3) is 2.44. The Morgan fingerprint density at radius 2 is 1.95 bits per heavy atom. The Bertz CT molecular complexity index is 791. The van der Waals surface area contributed by atoms with Crippen LogP contribution >= 0.6 is 15.9 Å². The first-order chi connectivity index (χ1) is 10.5. The Balaban J connectivity index is 2.31. The zero-order valence-electron chi connectivity index (χ0n) is 11.8. The van der Waals surface area contributed by atoms with E-state index in [1.165, 1.54) is 11.0 Å². The highest BCUT2D eigenvalue weighted by atomic mass is 79.9. The Hall–Kier alpha value is -2.05. The molecule has 1 aliphatic rings. The quantitative estimate of drug-likeness (QED) is 0.848. The summed E-state index contributed by atoms with van der Waals surface area (Å²) in [6.07, 6.45) is -1.06. The molecule has 0 saturated heterocycles. The molecule has 22 heavy (non-hydrogen) atoms. The van der Waals surface area contributed by atoms with E-state index in [4.69, 9.17) is 5.73 Å². The van der Waals surface area contributed by atoms with Gasteiger partial charge >= 0.3 is 0 Å². The second-order valence-electron chi connectivity index (χ2n) is 4.96. The molecule has 1 aliphatic heterocycles. The van der Waals surface area contributed by atoms with Crippen molar-refractivity contribution in [1.82, 2.24) is 0 Å². The monoisotopic (exact) mass is 361 g/mol. The van der Waals surface area contributed by atoms with Crippen LogP contribution in [0.4, 0.5) is 10.1 Å². The van der Waals surface area contributed by atoms with E-state index in [0.717, 1.165) is 4.47 Å². The number of nitrogens with zero attached hydrogens (tertiary/aromatic N) is 2. The summed E-state index contributed by atoms with van der Waals surface area (Å²) in [6.45, 7) is 0. The molecule has 1 unspecified atom stereocenters. The molecular formula is C16H13BrFN3O. The number of carbonyl (C=O) groups excluding carboxylic acids is 1. The second kappa shape index (κ2) is 5.62. The third-order valence-corrected chi connectivity index (χ3v) is 4.05. The molecule has 1 heterocycles. The van der Waals surface area contributed by atoms with E-state index in [9.17, 15) is 9.18 Å². The molecule has 4 nitrogen and oxygen atoms in total. The van der Waals surface area contributed by atoms with Crippen LogP contribution in [0.2, 0.25) is 0 Å². The van der Waals surface area contributed by atoms with Gasteiger partial charge in [0.2, 0.25) is 0 Å². The highest BCUT2D eigenvalue weighted by molar-refractivity contribution is 9.10. The minimum Gasteiger partial charge on any atom is -0.312 e. The van der Waals surface area contributed by atoms with Crippen molar-refractivity contribution in [3.63, 3.8) is 0 Å². The predicted octanol–water partition coefficient (Wildman–Crippen LogP) is 2.69. The Labute approximate surface area is 135 Å². The molecule has 0 spiro atoms. The lowest BCUT2D eigenvalue weighted by Gasteiger charge is -2.19. The van der Waals surface area contributed by atoms with Crippen LogP contribution in [0.3, 0.4) is 0 Å². The van der Waals surface area contributed by atoms with Crippen molar-refractivity contribution in [3.05, 3.63) is 63.9 Å². The van der Waals surface area contributed by atoms with Crippen LogP contribution in [-0.2, 0) is 4.79 Å². The van der Waals surface area contributed by atoms with Gasteiger partial charge in [-0.2, -0.15) is 0 Å². The van der Waals surface area contributed by atoms with Gasteiger partial charge in [0.25, 0.3) is 5.91 Å². The second-order valence-corrected chi connectivity index (χ2v) is 5.88. The molecule has 1 atom stereocenters. The van der Waals surface area contributed by atoms with Gasteiger partial charge in [0, 0.05) is 22.6 Å². The maximum absolute atomic E-state index is 14.2. The van der Waals surface area contributed by atoms with Crippen LogP contribution in [0.5, 0.6) is 0 Å². The molecule has 6 heteroatoms. The summed E-state index contributed by atoms with van der Waals surface area (Å²) in [5.74, 6) is -0.744. The Morgan fingerprint density at radius 3 is 2.68 bits per heavy atom. The van der Waals surface area contributed by atoms with Gasteiger partial charge in [0.05, 0.1) is 11.4 Å². The first-order valence-corrected chi connectivity index (χ1v) is 7.44. The number of benzodiazepines with no additional fused rings is 1. The molecule has 0 aromatic heterocycles. The smallest absolute Gasteiger partial charge is 0.266 e. The third-order valence-electron chi connectivity index (χ3n) is 3.56. The zero-order chi connectivity index (χ0) is 15.9. The lowest BCUT2D eigenvalue weighted by Crippen LogP contribution is -2.39. The zero-order valence-corrected chi connectivity index (χ0v) is 13.3. The van der Waals surface area contributed by atoms with Crippen LogP contribution in [0.15, 0.2) is 51.9 Å². The fourth-order valence-corrected chi connectivity index (χ4v) is 2.80. The molecule has 0 fully saturated rings. The molecule has 3 rings (SSSR count). The fourth-order valence-electron chi connectivity index (χ4n) is 2.44. The molecular weight excluding hydrogens is 349 g/mol. The maximum atomic E-state index is 14.2. The number of hydrogen-bond donors (Lipinski definition) is 1. The Kier molecular flexibility index (Phi) is 3.80. The number of amides is 1. The standard InChI is InChI=1S/C16H13BrFN3O/c1-21-13-7-6-9(17)8-11(13)14(20-15(19)16(21)22)10-4-2-3-5-12(10)18/h2-8,15H,19H2,1H3. The number of hydrogen-bond acceptors (Lipinski definition) is 3. The summed E-state index contributed by atoms with van der Waals surface area (Å²) in [5.41, 5.74) is 7.84. The van der Waals surface area contributed by atoms with E-state index in [2.05, 4.69) is 20.9 Å². The molecule has 0 bridgehead atoms. The number of nitrogens with two attached hydrogens (primary N) is 1. The number of aliphatic imine (C=N–C) groups is 1. The minimum atomic E-state index is -1.06. The van der Waals surface area contributed by atoms with Crippen molar-refractivity contribution in [1.29, 1.82) is 0 Å². The number of carbonyl (C=O) groups is 1. The lowest BCUT2D eigenvalue weighted by molar-refractivity contribution is -0.119. The van der Waals surface area contributed by atoms with E-state index >= 15 is 0 Å². The van der Waals surface area contributed by atoms with E-state index < -0.39 is 12.0 Å². The number of benzene rings is 2. The summed E-state index contributed by atoms with van der Waals surface area (Å²) in [5, 5.41) is 0. The van der Waals surface area contributed by atoms with E-state index in [1.807, 2.05) is 12.1 Å². The van der Waals surface area contributed by atoms with Crippen molar-refractivity contribution >= 4 is 33.2 Å². The Morgan fingerprint density at radius 1 is 1.23 bits per heavy atom. The van der Waals surface area contributed by atoms with Crippen molar-refractivity contribution in [2.24, 2.45) is 10.7 Å². The maximum Gasteiger partial charge on any atom is 0.266 e. The topological polar surface area (TPSA) is 58.7 Å². The van der Waals surface area contributed by atoms with Gasteiger partial charge in [-0.05, 0) is 30.3 Å². The molecule has 112 valence electrons. The van der Waals surface area contributed by atoms with Crippen molar-refractivity contribution < 1.29 is 9.18 Å². The highest BCUT2D eigenvalue weighted by Gasteiger charge is 2.28. The first-order valence-electron chi connectivity index (χ1n) is 6.65. The van der Waals surface area contributed by atoms with Gasteiger partial charge in [0.1, 0.15) is 5.82 Å². The SMILES string of the molecule is CN1C(=O)C(N)N=C(c2ccccc2F)c2cc(Br)ccc21. The van der Waals surface area contributed by atoms with Gasteiger partial charge in [-0.3, -0.25) is 9.79 Å². The van der Waals surface area contributed by atoms with E-state index in [1.54, 1.807) is 31.3 Å². The van der Waals surface area contributed by atoms with Crippen molar-refractivity contribution in [3.8, 4) is 0 Å². The summed E-state index contributed by atoms with van der Waals surface area (Å²) < 4.78 is 15.0. The van der Waals surface area contributed by atoms with Gasteiger partial charge < -0.3 is 10.6 Å². The summed E-state index contributed by atoms with van der Waals surface area (Å²) in [4.78, 5) is 18.0. The van der Waals surface area contributed by atoms with Gasteiger partial charge in [-0.15, -0.1) is 0 Å². The van der Waals surface area contributed by atoms with E-state index in [-0.39, 0.29) is 5.91 Å². The summed E-state index contributed by atoms with van der Waals surface area (Å²) in [6, 6.07) is 11.7. The number of rotatable bonds is 1. The molecule has 0 saturated carbocycles. The van der Waals surface area contributed by atoms with Crippen molar-refractivity contribution in [2.75, 3.05) is 11.9 Å². The molecule has 2 aromatic rings. The van der Waals surface area contributed by atoms with Crippen LogP contribution in [0.25, 0.3) is 0 Å². The van der Waals surface area contributed by atoms with E-state index in [0.29, 0.717) is 22.5 Å². The highest BCUT2D eigenvalue weighted by Crippen LogP contribution is 2.30. The average molecular weight is 362 g/mol. The fraction of sp³-hybridized carbons (Fsp3) is 0.125. The number of halogens is 2. The summed E-state index contributed by atoms with van der Waals surface area (Å²) in [7, 11) is 1.63. The number of likely N-dealkylation sites (N-methyl/N-ethyl adjacent to an activating group) is 1. The van der Waals surface area contributed by atoms with Crippen LogP contribution < -0.4 is 10.6 Å². The molecule has 2 N–H and O–H groups in total. The average Bonchev–Trinajstić information content (AvgIpc) is 2.59.